The highest BCUT2D eigenvalue weighted by Crippen LogP contribution is 2.36. The summed E-state index contributed by atoms with van der Waals surface area (Å²) in [5.41, 5.74) is 2.20. The topological polar surface area (TPSA) is 29.5 Å². The molecule has 1 aliphatic heterocycles. The third kappa shape index (κ3) is 1.93. The highest BCUT2D eigenvalue weighted by atomic mass is 32.1. The van der Waals surface area contributed by atoms with Crippen LogP contribution in [0.1, 0.15) is 27.0 Å². The van der Waals surface area contributed by atoms with Gasteiger partial charge < -0.3 is 9.84 Å². The van der Waals surface area contributed by atoms with Crippen molar-refractivity contribution in [2.75, 3.05) is 0 Å². The smallest absolute Gasteiger partial charge is 0.133 e. The zero-order valence-corrected chi connectivity index (χ0v) is 11.3. The van der Waals surface area contributed by atoms with Crippen LogP contribution in [0.5, 0.6) is 5.75 Å². The molecule has 2 nitrogen and oxygen atoms in total. The minimum atomic E-state index is -0.539. The molecule has 18 heavy (non-hydrogen) atoms. The Kier molecular flexibility index (Phi) is 2.88. The largest absolute Gasteiger partial charge is 0.487 e. The molecule has 0 bridgehead atoms. The molecule has 94 valence electrons. The molecular weight excluding hydrogens is 244 g/mol. The second kappa shape index (κ2) is 4.41. The summed E-state index contributed by atoms with van der Waals surface area (Å²) in [6.45, 7) is 4.12. The first-order valence-electron chi connectivity index (χ1n) is 6.14. The van der Waals surface area contributed by atoms with Crippen molar-refractivity contribution in [3.05, 3.63) is 51.2 Å². The van der Waals surface area contributed by atoms with Crippen LogP contribution in [0.15, 0.2) is 30.3 Å². The SMILES string of the molecule is Cc1cc(C(O)C2Cc3ccccc3O2)c(C)s1. The molecule has 1 aliphatic rings. The maximum absolute atomic E-state index is 10.5. The number of aliphatic hydroxyl groups is 1. The molecule has 2 aromatic rings. The van der Waals surface area contributed by atoms with E-state index >= 15 is 0 Å². The molecule has 0 spiro atoms. The molecule has 1 aromatic carbocycles. The average Bonchev–Trinajstić information content (AvgIpc) is 2.91. The van der Waals surface area contributed by atoms with Crippen molar-refractivity contribution in [1.82, 2.24) is 0 Å². The van der Waals surface area contributed by atoms with E-state index in [1.807, 2.05) is 18.2 Å². The van der Waals surface area contributed by atoms with Gasteiger partial charge in [0, 0.05) is 16.2 Å². The van der Waals surface area contributed by atoms with Crippen molar-refractivity contribution >= 4 is 11.3 Å². The molecule has 2 unspecified atom stereocenters. The summed E-state index contributed by atoms with van der Waals surface area (Å²) < 4.78 is 5.84. The Bertz CT molecular complexity index is 549. The van der Waals surface area contributed by atoms with Gasteiger partial charge in [0.1, 0.15) is 18.0 Å². The van der Waals surface area contributed by atoms with Gasteiger partial charge in [0.2, 0.25) is 0 Å². The zero-order chi connectivity index (χ0) is 12.7. The summed E-state index contributed by atoms with van der Waals surface area (Å²) in [5, 5.41) is 10.5. The van der Waals surface area contributed by atoms with Crippen LogP contribution in [0.3, 0.4) is 0 Å². The molecule has 1 N–H and O–H groups in total. The second-order valence-electron chi connectivity index (χ2n) is 4.78. The Balaban J connectivity index is 1.84. The first-order valence-corrected chi connectivity index (χ1v) is 6.96. The molecule has 2 heterocycles. The van der Waals surface area contributed by atoms with Gasteiger partial charge in [-0.2, -0.15) is 0 Å². The Morgan fingerprint density at radius 1 is 1.33 bits per heavy atom. The number of aliphatic hydroxyl groups excluding tert-OH is 1. The maximum Gasteiger partial charge on any atom is 0.133 e. The highest BCUT2D eigenvalue weighted by Gasteiger charge is 2.31. The van der Waals surface area contributed by atoms with Crippen molar-refractivity contribution in [2.24, 2.45) is 0 Å². The van der Waals surface area contributed by atoms with Gasteiger partial charge in [0.05, 0.1) is 0 Å². The molecule has 3 rings (SSSR count). The number of rotatable bonds is 2. The number of ether oxygens (including phenoxy) is 1. The zero-order valence-electron chi connectivity index (χ0n) is 10.5. The fourth-order valence-electron chi connectivity index (χ4n) is 2.53. The van der Waals surface area contributed by atoms with Crippen LogP contribution >= 0.6 is 11.3 Å². The van der Waals surface area contributed by atoms with Crippen molar-refractivity contribution in [1.29, 1.82) is 0 Å². The molecular formula is C15H16O2S. The molecule has 3 heteroatoms. The number of fused-ring (bicyclic) bond motifs is 1. The monoisotopic (exact) mass is 260 g/mol. The Morgan fingerprint density at radius 3 is 2.78 bits per heavy atom. The van der Waals surface area contributed by atoms with Crippen LogP contribution < -0.4 is 4.74 Å². The molecule has 0 aliphatic carbocycles. The molecule has 0 radical (unpaired) electrons. The first-order chi connectivity index (χ1) is 8.65. The summed E-state index contributed by atoms with van der Waals surface area (Å²) in [6.07, 6.45) is 0.0866. The molecule has 0 fully saturated rings. The van der Waals surface area contributed by atoms with Gasteiger partial charge in [-0.1, -0.05) is 18.2 Å². The number of benzene rings is 1. The lowest BCUT2D eigenvalue weighted by Gasteiger charge is -2.18. The predicted molar refractivity (Wildman–Crippen MR) is 73.3 cm³/mol. The van der Waals surface area contributed by atoms with Crippen LogP contribution in [-0.4, -0.2) is 11.2 Å². The summed E-state index contributed by atoms with van der Waals surface area (Å²) in [7, 11) is 0. The van der Waals surface area contributed by atoms with Crippen LogP contribution in [0.2, 0.25) is 0 Å². The third-order valence-corrected chi connectivity index (χ3v) is 4.40. The number of aryl methyl sites for hydroxylation is 2. The number of hydrogen-bond acceptors (Lipinski definition) is 3. The van der Waals surface area contributed by atoms with Crippen LogP contribution in [-0.2, 0) is 6.42 Å². The van der Waals surface area contributed by atoms with Gasteiger partial charge in [-0.25, -0.2) is 0 Å². The summed E-state index contributed by atoms with van der Waals surface area (Å²) in [6, 6.07) is 10.1. The third-order valence-electron chi connectivity index (χ3n) is 3.42. The fourth-order valence-corrected chi connectivity index (χ4v) is 3.50. The second-order valence-corrected chi connectivity index (χ2v) is 6.24. The summed E-state index contributed by atoms with van der Waals surface area (Å²) in [5.74, 6) is 0.908. The van der Waals surface area contributed by atoms with E-state index in [9.17, 15) is 5.11 Å². The predicted octanol–water partition coefficient (Wildman–Crippen LogP) is 3.40. The number of para-hydroxylation sites is 1. The number of hydrogen-bond donors (Lipinski definition) is 1. The number of thiophene rings is 1. The lowest BCUT2D eigenvalue weighted by molar-refractivity contribution is 0.0491. The van der Waals surface area contributed by atoms with Gasteiger partial charge in [-0.05, 0) is 37.1 Å². The summed E-state index contributed by atoms with van der Waals surface area (Å²) in [4.78, 5) is 2.41. The van der Waals surface area contributed by atoms with E-state index in [1.54, 1.807) is 11.3 Å². The Labute approximate surface area is 111 Å². The summed E-state index contributed by atoms with van der Waals surface area (Å²) >= 11 is 1.72. The van der Waals surface area contributed by atoms with Gasteiger partial charge in [0.25, 0.3) is 0 Å². The van der Waals surface area contributed by atoms with Crippen molar-refractivity contribution in [3.63, 3.8) is 0 Å². The Hall–Kier alpha value is -1.32. The van der Waals surface area contributed by atoms with Crippen LogP contribution in [0.4, 0.5) is 0 Å². The van der Waals surface area contributed by atoms with E-state index < -0.39 is 6.10 Å². The Morgan fingerprint density at radius 2 is 2.11 bits per heavy atom. The maximum atomic E-state index is 10.5. The lowest BCUT2D eigenvalue weighted by Crippen LogP contribution is -2.23. The van der Waals surface area contributed by atoms with Gasteiger partial charge >= 0.3 is 0 Å². The standard InChI is InChI=1S/C15H16O2S/c1-9-7-12(10(2)18-9)15(16)14-8-11-5-3-4-6-13(11)17-14/h3-7,14-16H,8H2,1-2H3. The molecule has 2 atom stereocenters. The van der Waals surface area contributed by atoms with E-state index in [0.717, 1.165) is 17.7 Å². The first kappa shape index (κ1) is 11.8. The van der Waals surface area contributed by atoms with E-state index in [0.29, 0.717) is 0 Å². The van der Waals surface area contributed by atoms with Crippen LogP contribution in [0.25, 0.3) is 0 Å². The van der Waals surface area contributed by atoms with E-state index in [-0.39, 0.29) is 6.10 Å². The normalized spacial score (nSPS) is 19.4. The van der Waals surface area contributed by atoms with Crippen LogP contribution in [0, 0.1) is 13.8 Å². The van der Waals surface area contributed by atoms with Gasteiger partial charge in [0.15, 0.2) is 0 Å². The molecule has 0 saturated heterocycles. The minimum Gasteiger partial charge on any atom is -0.487 e. The molecule has 1 aromatic heterocycles. The van der Waals surface area contributed by atoms with Crippen molar-refractivity contribution in [2.45, 2.75) is 32.5 Å². The van der Waals surface area contributed by atoms with Gasteiger partial charge in [-0.3, -0.25) is 0 Å². The highest BCUT2D eigenvalue weighted by molar-refractivity contribution is 7.12. The van der Waals surface area contributed by atoms with E-state index in [4.69, 9.17) is 4.74 Å². The lowest BCUT2D eigenvalue weighted by atomic mass is 10.0. The van der Waals surface area contributed by atoms with Crippen molar-refractivity contribution in [3.8, 4) is 5.75 Å². The molecule has 0 saturated carbocycles. The van der Waals surface area contributed by atoms with E-state index in [2.05, 4.69) is 26.0 Å². The molecule has 0 amide bonds. The quantitative estimate of drug-likeness (QED) is 0.896. The van der Waals surface area contributed by atoms with Gasteiger partial charge in [-0.15, -0.1) is 11.3 Å². The average molecular weight is 260 g/mol. The fraction of sp³-hybridized carbons (Fsp3) is 0.333. The van der Waals surface area contributed by atoms with Crippen molar-refractivity contribution < 1.29 is 9.84 Å². The minimum absolute atomic E-state index is 0.157. The van der Waals surface area contributed by atoms with E-state index in [1.165, 1.54) is 15.3 Å².